The Bertz CT molecular complexity index is 1270. The van der Waals surface area contributed by atoms with Gasteiger partial charge in [0.1, 0.15) is 5.75 Å². The molecule has 0 spiro atoms. The Morgan fingerprint density at radius 2 is 1.76 bits per heavy atom. The first-order chi connectivity index (χ1) is 20.0. The zero-order valence-electron chi connectivity index (χ0n) is 24.1. The van der Waals surface area contributed by atoms with Gasteiger partial charge < -0.3 is 20.3 Å². The molecule has 0 radical (unpaired) electrons. The molecule has 0 aliphatic carbocycles. The van der Waals surface area contributed by atoms with E-state index in [0.29, 0.717) is 19.7 Å². The highest BCUT2D eigenvalue weighted by atomic mass is 35.5. The van der Waals surface area contributed by atoms with Crippen molar-refractivity contribution >= 4 is 17.5 Å². The Morgan fingerprint density at radius 1 is 1.00 bits per heavy atom. The number of carbonyl (C=O) groups excluding carboxylic acids is 1. The van der Waals surface area contributed by atoms with Crippen molar-refractivity contribution in [3.63, 3.8) is 0 Å². The minimum absolute atomic E-state index is 0.103. The molecule has 0 unspecified atom stereocenters. The summed E-state index contributed by atoms with van der Waals surface area (Å²) in [5.74, 6) is 1.22. The van der Waals surface area contributed by atoms with Crippen LogP contribution in [0.4, 0.5) is 0 Å². The number of likely N-dealkylation sites (tertiary alicyclic amines) is 1. The number of halogens is 1. The van der Waals surface area contributed by atoms with Crippen LogP contribution in [0.1, 0.15) is 30.9 Å². The maximum Gasteiger partial charge on any atom is 0.239 e. The average molecular weight is 576 g/mol. The van der Waals surface area contributed by atoms with E-state index in [4.69, 9.17) is 22.1 Å². The number of piperidine rings is 1. The van der Waals surface area contributed by atoms with Crippen molar-refractivity contribution in [1.29, 1.82) is 0 Å². The van der Waals surface area contributed by atoms with Gasteiger partial charge in [-0.15, -0.1) is 0 Å². The van der Waals surface area contributed by atoms with Gasteiger partial charge in [-0.2, -0.15) is 0 Å². The Kier molecular flexibility index (Phi) is 10.3. The second-order valence-electron chi connectivity index (χ2n) is 11.1. The number of ether oxygens (including phenoxy) is 1. The molecule has 1 atom stereocenters. The Labute approximate surface area is 249 Å². The van der Waals surface area contributed by atoms with E-state index in [1.807, 2.05) is 36.2 Å². The van der Waals surface area contributed by atoms with Crippen LogP contribution in [0.15, 0.2) is 67.0 Å². The van der Waals surface area contributed by atoms with Gasteiger partial charge in [0.15, 0.2) is 0 Å². The summed E-state index contributed by atoms with van der Waals surface area (Å²) in [7, 11) is 0. The van der Waals surface area contributed by atoms with Gasteiger partial charge in [-0.1, -0.05) is 48.0 Å². The topological polar surface area (TPSA) is 74.9 Å². The molecule has 7 nitrogen and oxygen atoms in total. The number of hydrogen-bond acceptors (Lipinski definition) is 6. The predicted octanol–water partition coefficient (Wildman–Crippen LogP) is 4.73. The first-order valence-corrected chi connectivity index (χ1v) is 15.3. The van der Waals surface area contributed by atoms with Crippen LogP contribution in [0.3, 0.4) is 0 Å². The molecule has 5 rings (SSSR count). The molecule has 41 heavy (non-hydrogen) atoms. The zero-order valence-corrected chi connectivity index (χ0v) is 24.8. The Hall–Kier alpha value is -2.97. The van der Waals surface area contributed by atoms with Crippen molar-refractivity contribution in [3.8, 4) is 16.9 Å². The van der Waals surface area contributed by atoms with Gasteiger partial charge in [0.25, 0.3) is 0 Å². The molecule has 218 valence electrons. The third-order valence-electron chi connectivity index (χ3n) is 8.51. The summed E-state index contributed by atoms with van der Waals surface area (Å²) in [5.41, 5.74) is 11.4. The molecule has 0 saturated carbocycles. The lowest BCUT2D eigenvalue weighted by Crippen LogP contribution is -2.55. The largest absolute Gasteiger partial charge is 0.493 e. The number of benzene rings is 2. The highest BCUT2D eigenvalue weighted by Crippen LogP contribution is 2.28. The quantitative estimate of drug-likeness (QED) is 0.377. The average Bonchev–Trinajstić information content (AvgIpc) is 3.01. The van der Waals surface area contributed by atoms with E-state index in [1.165, 1.54) is 16.7 Å². The fourth-order valence-corrected chi connectivity index (χ4v) is 6.29. The molecule has 2 N–H and O–H groups in total. The number of amides is 1. The van der Waals surface area contributed by atoms with E-state index in [1.54, 1.807) is 6.20 Å². The van der Waals surface area contributed by atoms with Gasteiger partial charge in [0, 0.05) is 62.2 Å². The summed E-state index contributed by atoms with van der Waals surface area (Å²) in [6.07, 6.45) is 6.49. The first kappa shape index (κ1) is 29.5. The number of pyridine rings is 1. The van der Waals surface area contributed by atoms with Crippen LogP contribution in [0, 0.1) is 5.92 Å². The van der Waals surface area contributed by atoms with Crippen molar-refractivity contribution < 1.29 is 9.53 Å². The highest BCUT2D eigenvalue weighted by Gasteiger charge is 2.32. The van der Waals surface area contributed by atoms with Crippen LogP contribution in [0.2, 0.25) is 5.02 Å². The second-order valence-corrected chi connectivity index (χ2v) is 11.6. The lowest BCUT2D eigenvalue weighted by molar-refractivity contribution is -0.136. The van der Waals surface area contributed by atoms with Crippen LogP contribution in [-0.4, -0.2) is 84.1 Å². The normalized spacial score (nSPS) is 17.9. The fourth-order valence-electron chi connectivity index (χ4n) is 6.09. The van der Waals surface area contributed by atoms with Crippen LogP contribution in [-0.2, 0) is 17.8 Å². The summed E-state index contributed by atoms with van der Waals surface area (Å²) in [5, 5.41) is 0.774. The first-order valence-electron chi connectivity index (χ1n) is 14.9. The van der Waals surface area contributed by atoms with Crippen molar-refractivity contribution in [2.24, 2.45) is 11.7 Å². The number of piperazine rings is 1. The molecule has 2 fully saturated rings. The van der Waals surface area contributed by atoms with Crippen molar-refractivity contribution in [1.82, 2.24) is 19.7 Å². The van der Waals surface area contributed by atoms with Crippen LogP contribution >= 0.6 is 11.6 Å². The molecule has 3 heterocycles. The lowest BCUT2D eigenvalue weighted by Gasteiger charge is -2.39. The number of carbonyl (C=O) groups is 1. The molecule has 2 saturated heterocycles. The maximum absolute atomic E-state index is 13.3. The molecule has 3 aromatic rings. The second kappa shape index (κ2) is 14.3. The summed E-state index contributed by atoms with van der Waals surface area (Å²) in [6.45, 7) is 9.37. The van der Waals surface area contributed by atoms with Gasteiger partial charge in [0.05, 0.1) is 12.6 Å². The smallest absolute Gasteiger partial charge is 0.239 e. The van der Waals surface area contributed by atoms with Crippen LogP contribution in [0.25, 0.3) is 11.1 Å². The molecule has 0 bridgehead atoms. The third-order valence-corrected chi connectivity index (χ3v) is 8.75. The summed E-state index contributed by atoms with van der Waals surface area (Å²) >= 11 is 6.36. The lowest BCUT2D eigenvalue weighted by atomic mass is 9.88. The fraction of sp³-hybridized carbons (Fsp3) is 0.455. The number of aromatic nitrogens is 1. The van der Waals surface area contributed by atoms with Gasteiger partial charge >= 0.3 is 0 Å². The zero-order chi connectivity index (χ0) is 28.6. The number of nitrogens with zero attached hydrogens (tertiary/aromatic N) is 4. The standard InChI is InChI=1S/C33H42ClN5O2/c1-2-41-31-10-14-36-23-28(31)24-38-18-20-39(21-19-38)33(40)32(35)26-11-15-37(16-12-26)17-13-27-22-29(34)8-9-30(27)25-6-4-3-5-7-25/h3-10,14,22-23,26,32H,2,11-13,15-21,24,35H2,1H3/t32-/m1/s1. The van der Waals surface area contributed by atoms with E-state index >= 15 is 0 Å². The molecule has 8 heteroatoms. The minimum Gasteiger partial charge on any atom is -0.493 e. The van der Waals surface area contributed by atoms with E-state index < -0.39 is 6.04 Å². The van der Waals surface area contributed by atoms with Gasteiger partial charge in [0.2, 0.25) is 5.91 Å². The third kappa shape index (κ3) is 7.66. The van der Waals surface area contributed by atoms with Crippen molar-refractivity contribution in [3.05, 3.63) is 83.1 Å². The van der Waals surface area contributed by atoms with Gasteiger partial charge in [-0.3, -0.25) is 14.7 Å². The number of hydrogen-bond donors (Lipinski definition) is 1. The molecule has 2 aliphatic rings. The molecule has 2 aliphatic heterocycles. The van der Waals surface area contributed by atoms with Crippen molar-refractivity contribution in [2.75, 3.05) is 52.4 Å². The summed E-state index contributed by atoms with van der Waals surface area (Å²) < 4.78 is 5.75. The monoisotopic (exact) mass is 575 g/mol. The van der Waals surface area contributed by atoms with Crippen LogP contribution in [0.5, 0.6) is 5.75 Å². The predicted molar refractivity (Wildman–Crippen MR) is 165 cm³/mol. The maximum atomic E-state index is 13.3. The molecule has 2 aromatic carbocycles. The van der Waals surface area contributed by atoms with E-state index in [-0.39, 0.29) is 11.8 Å². The van der Waals surface area contributed by atoms with E-state index in [0.717, 1.165) is 74.9 Å². The number of nitrogens with two attached hydrogens (primary N) is 1. The molecular formula is C33H42ClN5O2. The molecular weight excluding hydrogens is 534 g/mol. The number of rotatable bonds is 10. The van der Waals surface area contributed by atoms with Gasteiger partial charge in [-0.25, -0.2) is 0 Å². The van der Waals surface area contributed by atoms with Gasteiger partial charge in [-0.05, 0) is 80.1 Å². The van der Waals surface area contributed by atoms with E-state index in [9.17, 15) is 4.79 Å². The minimum atomic E-state index is -0.427. The SMILES string of the molecule is CCOc1ccncc1CN1CCN(C(=O)[C@H](N)C2CCN(CCc3cc(Cl)ccc3-c3ccccc3)CC2)CC1. The van der Waals surface area contributed by atoms with Crippen molar-refractivity contribution in [2.45, 2.75) is 38.8 Å². The summed E-state index contributed by atoms with van der Waals surface area (Å²) in [4.78, 5) is 24.4. The molecule has 1 amide bonds. The van der Waals surface area contributed by atoms with Crippen LogP contribution < -0.4 is 10.5 Å². The van der Waals surface area contributed by atoms with E-state index in [2.05, 4.69) is 51.2 Å². The summed E-state index contributed by atoms with van der Waals surface area (Å²) in [6, 6.07) is 18.2. The Morgan fingerprint density at radius 3 is 2.49 bits per heavy atom. The molecule has 1 aromatic heterocycles. The highest BCUT2D eigenvalue weighted by molar-refractivity contribution is 6.30. The Balaban J connectivity index is 1.07.